The summed E-state index contributed by atoms with van der Waals surface area (Å²) < 4.78 is 29.7. The zero-order valence-electron chi connectivity index (χ0n) is 15.0. The molecule has 1 aromatic rings. The van der Waals surface area contributed by atoms with Gasteiger partial charge in [0.25, 0.3) is 5.91 Å². The third-order valence-corrected chi connectivity index (χ3v) is 7.47. The molecular formula is C17H24N2O7S. The summed E-state index contributed by atoms with van der Waals surface area (Å²) in [5.41, 5.74) is 1.39. The molecule has 0 spiro atoms. The van der Waals surface area contributed by atoms with Crippen molar-refractivity contribution in [2.24, 2.45) is 5.92 Å². The van der Waals surface area contributed by atoms with Crippen LogP contribution in [-0.2, 0) is 19.4 Å². The molecule has 0 radical (unpaired) electrons. The van der Waals surface area contributed by atoms with E-state index < -0.39 is 38.8 Å². The predicted octanol–water partition coefficient (Wildman–Crippen LogP) is 0.578. The van der Waals surface area contributed by atoms with Gasteiger partial charge in [-0.2, -0.15) is 0 Å². The highest BCUT2D eigenvalue weighted by Gasteiger charge is 2.58. The Morgan fingerprint density at radius 3 is 2.52 bits per heavy atom. The third-order valence-electron chi connectivity index (χ3n) is 4.96. The highest BCUT2D eigenvalue weighted by Crippen LogP contribution is 2.39. The van der Waals surface area contributed by atoms with Crippen molar-refractivity contribution in [3.8, 4) is 5.75 Å². The molecule has 1 aliphatic heterocycles. The number of rotatable bonds is 7. The molecule has 2 rings (SSSR count). The van der Waals surface area contributed by atoms with Gasteiger partial charge in [0.15, 0.2) is 14.6 Å². The van der Waals surface area contributed by atoms with Gasteiger partial charge >= 0.3 is 5.97 Å². The molecule has 0 bridgehead atoms. The molecule has 0 saturated carbocycles. The van der Waals surface area contributed by atoms with Crippen LogP contribution in [0.1, 0.15) is 25.7 Å². The van der Waals surface area contributed by atoms with Gasteiger partial charge in [-0.3, -0.25) is 14.8 Å². The van der Waals surface area contributed by atoms with Crippen LogP contribution in [0.3, 0.4) is 0 Å². The molecule has 1 aliphatic rings. The van der Waals surface area contributed by atoms with Gasteiger partial charge in [0.1, 0.15) is 5.75 Å². The van der Waals surface area contributed by atoms with E-state index in [1.54, 1.807) is 0 Å². The van der Waals surface area contributed by atoms with Gasteiger partial charge in [0.2, 0.25) is 0 Å². The van der Waals surface area contributed by atoms with Crippen molar-refractivity contribution in [2.75, 3.05) is 20.2 Å². The summed E-state index contributed by atoms with van der Waals surface area (Å²) in [4.78, 5) is 24.0. The van der Waals surface area contributed by atoms with Crippen LogP contribution in [-0.4, -0.2) is 55.6 Å². The molecule has 1 fully saturated rings. The number of hydrogen-bond acceptors (Lipinski definition) is 7. The molecule has 4 N–H and O–H groups in total. The van der Waals surface area contributed by atoms with E-state index in [9.17, 15) is 28.3 Å². The van der Waals surface area contributed by atoms with Gasteiger partial charge in [0.05, 0.1) is 18.4 Å². The predicted molar refractivity (Wildman–Crippen MR) is 95.3 cm³/mol. The fourth-order valence-electron chi connectivity index (χ4n) is 3.55. The van der Waals surface area contributed by atoms with Crippen LogP contribution in [0, 0.1) is 5.92 Å². The lowest BCUT2D eigenvalue weighted by atomic mass is 9.84. The second-order valence-corrected chi connectivity index (χ2v) is 8.68. The van der Waals surface area contributed by atoms with Crippen LogP contribution in [0.15, 0.2) is 29.2 Å². The number of hydrogen-bond donors (Lipinski definition) is 4. The first kappa shape index (κ1) is 21.1. The Kier molecular flexibility index (Phi) is 6.79. The first-order valence-corrected chi connectivity index (χ1v) is 10.0. The second-order valence-electron chi connectivity index (χ2n) is 6.48. The smallest absolute Gasteiger partial charge is 0.305 e. The van der Waals surface area contributed by atoms with Crippen LogP contribution in [0.4, 0.5) is 0 Å². The Balaban J connectivity index is 2.66. The number of amides is 1. The van der Waals surface area contributed by atoms with E-state index in [4.69, 9.17) is 4.74 Å². The second kappa shape index (κ2) is 8.68. The Labute approximate surface area is 157 Å². The van der Waals surface area contributed by atoms with Gasteiger partial charge in [0, 0.05) is 12.5 Å². The molecule has 27 heavy (non-hydrogen) atoms. The largest absolute Gasteiger partial charge is 0.497 e. The maximum absolute atomic E-state index is 13.5. The van der Waals surface area contributed by atoms with Crippen molar-refractivity contribution in [3.05, 3.63) is 24.3 Å². The highest BCUT2D eigenvalue weighted by atomic mass is 32.2. The lowest BCUT2D eigenvalue weighted by molar-refractivity contribution is -0.143. The van der Waals surface area contributed by atoms with Crippen molar-refractivity contribution >= 4 is 21.7 Å². The standard InChI is InChI=1S/C17H24N2O7S/c1-26-13-5-7-14(8-6-13)27(24,25)17(10-15(20)21,16(22)19-23)12-4-2-3-9-18-11-12/h5-8,12,18,23H,2-4,9-11H2,1H3,(H,19,22)(H,20,21). The highest BCUT2D eigenvalue weighted by molar-refractivity contribution is 7.93. The molecule has 2 unspecified atom stereocenters. The van der Waals surface area contributed by atoms with E-state index in [-0.39, 0.29) is 11.4 Å². The minimum Gasteiger partial charge on any atom is -0.497 e. The maximum atomic E-state index is 13.5. The number of carbonyl (C=O) groups excluding carboxylic acids is 1. The molecule has 0 aliphatic carbocycles. The number of ether oxygens (including phenoxy) is 1. The number of nitrogens with one attached hydrogen (secondary N) is 2. The number of hydroxylamine groups is 1. The Hall–Kier alpha value is -2.17. The van der Waals surface area contributed by atoms with Crippen LogP contribution in [0.2, 0.25) is 0 Å². The molecule has 2 atom stereocenters. The number of carboxylic acid groups (broad SMARTS) is 1. The Morgan fingerprint density at radius 2 is 1.96 bits per heavy atom. The topological polar surface area (TPSA) is 142 Å². The summed E-state index contributed by atoms with van der Waals surface area (Å²) in [6.07, 6.45) is 0.794. The van der Waals surface area contributed by atoms with Crippen molar-refractivity contribution in [1.29, 1.82) is 0 Å². The SMILES string of the molecule is COc1ccc(S(=O)(=O)C(CC(=O)O)(C(=O)NO)C2CCCCNC2)cc1. The zero-order chi connectivity index (χ0) is 20.1. The van der Waals surface area contributed by atoms with Crippen LogP contribution in [0.5, 0.6) is 5.75 Å². The number of sulfone groups is 1. The first-order valence-electron chi connectivity index (χ1n) is 8.55. The fourth-order valence-corrected chi connectivity index (χ4v) is 5.71. The Morgan fingerprint density at radius 1 is 1.30 bits per heavy atom. The Bertz CT molecular complexity index is 771. The zero-order valence-corrected chi connectivity index (χ0v) is 15.8. The summed E-state index contributed by atoms with van der Waals surface area (Å²) in [6.45, 7) is 0.791. The molecule has 1 aromatic carbocycles. The number of aliphatic carboxylic acids is 1. The third kappa shape index (κ3) is 4.07. The summed E-state index contributed by atoms with van der Waals surface area (Å²) in [7, 11) is -3.03. The van der Waals surface area contributed by atoms with Gasteiger partial charge in [-0.1, -0.05) is 6.42 Å². The van der Waals surface area contributed by atoms with Crippen LogP contribution >= 0.6 is 0 Å². The fraction of sp³-hybridized carbons (Fsp3) is 0.529. The van der Waals surface area contributed by atoms with Crippen LogP contribution in [0.25, 0.3) is 0 Å². The van der Waals surface area contributed by atoms with Crippen molar-refractivity contribution in [1.82, 2.24) is 10.8 Å². The lowest BCUT2D eigenvalue weighted by Gasteiger charge is -2.36. The molecule has 150 valence electrons. The van der Waals surface area contributed by atoms with Crippen molar-refractivity contribution < 1.29 is 33.1 Å². The van der Waals surface area contributed by atoms with E-state index in [1.165, 1.54) is 36.9 Å². The summed E-state index contributed by atoms with van der Waals surface area (Å²) in [5, 5.41) is 21.8. The molecule has 1 saturated heterocycles. The molecule has 9 nitrogen and oxygen atoms in total. The quantitative estimate of drug-likeness (QED) is 0.385. The normalized spacial score (nSPS) is 20.1. The number of carboxylic acids is 1. The summed E-state index contributed by atoms with van der Waals surface area (Å²) in [5.74, 6) is -3.09. The van der Waals surface area contributed by atoms with E-state index in [0.29, 0.717) is 25.1 Å². The summed E-state index contributed by atoms with van der Waals surface area (Å²) >= 11 is 0. The van der Waals surface area contributed by atoms with Gasteiger partial charge in [-0.25, -0.2) is 13.9 Å². The van der Waals surface area contributed by atoms with E-state index in [1.807, 2.05) is 0 Å². The lowest BCUT2D eigenvalue weighted by Crippen LogP contribution is -2.59. The monoisotopic (exact) mass is 400 g/mol. The number of benzene rings is 1. The van der Waals surface area contributed by atoms with E-state index in [2.05, 4.69) is 5.32 Å². The molecule has 10 heteroatoms. The molecule has 0 aromatic heterocycles. The average molecular weight is 400 g/mol. The minimum absolute atomic E-state index is 0.149. The van der Waals surface area contributed by atoms with Gasteiger partial charge < -0.3 is 15.2 Å². The van der Waals surface area contributed by atoms with Gasteiger partial charge in [-0.05, 0) is 43.7 Å². The first-order chi connectivity index (χ1) is 12.8. The van der Waals surface area contributed by atoms with Crippen molar-refractivity contribution in [3.63, 3.8) is 0 Å². The molecule has 1 heterocycles. The van der Waals surface area contributed by atoms with Crippen molar-refractivity contribution in [2.45, 2.75) is 35.3 Å². The van der Waals surface area contributed by atoms with Gasteiger partial charge in [-0.15, -0.1) is 0 Å². The van der Waals surface area contributed by atoms with E-state index >= 15 is 0 Å². The maximum Gasteiger partial charge on any atom is 0.305 e. The minimum atomic E-state index is -4.46. The summed E-state index contributed by atoms with van der Waals surface area (Å²) in [6, 6.07) is 5.36. The van der Waals surface area contributed by atoms with E-state index in [0.717, 1.165) is 6.42 Å². The molecular weight excluding hydrogens is 376 g/mol. The average Bonchev–Trinajstić information content (AvgIpc) is 2.94. The number of carbonyl (C=O) groups is 2. The van der Waals surface area contributed by atoms with Crippen LogP contribution < -0.4 is 15.5 Å². The number of methoxy groups -OCH3 is 1. The molecule has 1 amide bonds.